The molecule has 0 bridgehead atoms. The summed E-state index contributed by atoms with van der Waals surface area (Å²) in [6.45, 7) is 6.11. The van der Waals surface area contributed by atoms with Crippen LogP contribution in [0.5, 0.6) is 0 Å². The Hall–Kier alpha value is -0.290. The highest BCUT2D eigenvalue weighted by Gasteiger charge is 2.33. The van der Waals surface area contributed by atoms with Gasteiger partial charge in [-0.3, -0.25) is 4.90 Å². The highest BCUT2D eigenvalue weighted by Crippen LogP contribution is 2.25. The molecule has 0 aromatic carbocycles. The quantitative estimate of drug-likeness (QED) is 0.809. The molecule has 1 N–H and O–H groups in total. The van der Waals surface area contributed by atoms with Gasteiger partial charge >= 0.3 is 6.18 Å². The van der Waals surface area contributed by atoms with Crippen molar-refractivity contribution in [1.82, 2.24) is 10.2 Å². The summed E-state index contributed by atoms with van der Waals surface area (Å²) in [5.74, 6) is 0. The van der Waals surface area contributed by atoms with Gasteiger partial charge in [-0.15, -0.1) is 0 Å². The molecule has 16 heavy (non-hydrogen) atoms. The lowest BCUT2D eigenvalue weighted by Crippen LogP contribution is -2.49. The third-order valence-electron chi connectivity index (χ3n) is 3.10. The number of nitrogens with one attached hydrogen (secondary N) is 1. The third kappa shape index (κ3) is 4.70. The van der Waals surface area contributed by atoms with Gasteiger partial charge in [0.25, 0.3) is 0 Å². The Kier molecular flexibility index (Phi) is 5.05. The minimum Gasteiger partial charge on any atom is -0.313 e. The Morgan fingerprint density at radius 1 is 1.44 bits per heavy atom. The first-order valence-corrected chi connectivity index (χ1v) is 5.96. The first kappa shape index (κ1) is 13.8. The van der Waals surface area contributed by atoms with E-state index in [0.717, 1.165) is 32.5 Å². The van der Waals surface area contributed by atoms with Crippen LogP contribution in [0.1, 0.15) is 33.1 Å². The summed E-state index contributed by atoms with van der Waals surface area (Å²) in [5, 5.41) is 3.31. The van der Waals surface area contributed by atoms with E-state index in [1.165, 1.54) is 0 Å². The predicted octanol–water partition coefficient (Wildman–Crippen LogP) is 2.40. The number of halogens is 3. The van der Waals surface area contributed by atoms with Crippen LogP contribution in [-0.4, -0.2) is 42.8 Å². The molecule has 96 valence electrons. The fraction of sp³-hybridized carbons (Fsp3) is 1.00. The molecule has 2 unspecified atom stereocenters. The summed E-state index contributed by atoms with van der Waals surface area (Å²) in [4.78, 5) is 1.95. The van der Waals surface area contributed by atoms with E-state index in [0.29, 0.717) is 6.04 Å². The zero-order chi connectivity index (χ0) is 12.2. The van der Waals surface area contributed by atoms with Crippen molar-refractivity contribution in [1.29, 1.82) is 0 Å². The summed E-state index contributed by atoms with van der Waals surface area (Å²) < 4.78 is 36.8. The molecule has 0 amide bonds. The molecule has 0 aromatic rings. The molecule has 2 nitrogen and oxygen atoms in total. The molecule has 1 saturated heterocycles. The molecule has 0 spiro atoms. The smallest absolute Gasteiger partial charge is 0.313 e. The van der Waals surface area contributed by atoms with Gasteiger partial charge in [-0.25, -0.2) is 0 Å². The number of piperidine rings is 1. The number of hydrogen-bond donors (Lipinski definition) is 1. The number of rotatable bonds is 4. The zero-order valence-corrected chi connectivity index (χ0v) is 9.98. The third-order valence-corrected chi connectivity index (χ3v) is 3.10. The van der Waals surface area contributed by atoms with Gasteiger partial charge in [0.1, 0.15) is 0 Å². The highest BCUT2D eigenvalue weighted by atomic mass is 19.4. The van der Waals surface area contributed by atoms with Gasteiger partial charge in [0.15, 0.2) is 0 Å². The second-order valence-electron chi connectivity index (χ2n) is 4.56. The Morgan fingerprint density at radius 3 is 2.69 bits per heavy atom. The van der Waals surface area contributed by atoms with Crippen LogP contribution >= 0.6 is 0 Å². The molecular weight excluding hydrogens is 217 g/mol. The van der Waals surface area contributed by atoms with Gasteiger partial charge in [-0.1, -0.05) is 6.92 Å². The molecule has 1 heterocycles. The van der Waals surface area contributed by atoms with E-state index in [1.54, 1.807) is 6.92 Å². The summed E-state index contributed by atoms with van der Waals surface area (Å²) in [6, 6.07) is -0.0455. The fourth-order valence-electron chi connectivity index (χ4n) is 2.33. The van der Waals surface area contributed by atoms with E-state index in [1.807, 2.05) is 11.8 Å². The minimum atomic E-state index is -4.05. The maximum absolute atomic E-state index is 12.3. The zero-order valence-electron chi connectivity index (χ0n) is 9.98. The van der Waals surface area contributed by atoms with Crippen LogP contribution in [0.3, 0.4) is 0 Å². The largest absolute Gasteiger partial charge is 0.390 e. The molecule has 0 aromatic heterocycles. The molecule has 0 radical (unpaired) electrons. The average molecular weight is 238 g/mol. The second kappa shape index (κ2) is 5.87. The topological polar surface area (TPSA) is 15.3 Å². The summed E-state index contributed by atoms with van der Waals surface area (Å²) in [5.41, 5.74) is 0. The summed E-state index contributed by atoms with van der Waals surface area (Å²) in [6.07, 6.45) is -2.70. The number of hydrogen-bond acceptors (Lipinski definition) is 2. The SMILES string of the molecule is CCNC1CCCN(C(C)CC(F)(F)F)C1. The number of likely N-dealkylation sites (tertiary alicyclic amines) is 1. The van der Waals surface area contributed by atoms with Crippen LogP contribution in [0.4, 0.5) is 13.2 Å². The Bertz CT molecular complexity index is 204. The van der Waals surface area contributed by atoms with Crippen LogP contribution in [0, 0.1) is 0 Å². The maximum atomic E-state index is 12.3. The van der Waals surface area contributed by atoms with Gasteiger partial charge < -0.3 is 5.32 Å². The predicted molar refractivity (Wildman–Crippen MR) is 58.4 cm³/mol. The lowest BCUT2D eigenvalue weighted by molar-refractivity contribution is -0.147. The first-order valence-electron chi connectivity index (χ1n) is 5.96. The van der Waals surface area contributed by atoms with Crippen molar-refractivity contribution in [3.63, 3.8) is 0 Å². The Balaban J connectivity index is 2.40. The number of likely N-dealkylation sites (N-methyl/N-ethyl adjacent to an activating group) is 1. The molecule has 1 aliphatic heterocycles. The Morgan fingerprint density at radius 2 is 2.12 bits per heavy atom. The van der Waals surface area contributed by atoms with Crippen molar-refractivity contribution in [2.24, 2.45) is 0 Å². The van der Waals surface area contributed by atoms with Crippen molar-refractivity contribution in [2.75, 3.05) is 19.6 Å². The van der Waals surface area contributed by atoms with E-state index >= 15 is 0 Å². The lowest BCUT2D eigenvalue weighted by atomic mass is 10.0. The fourth-order valence-corrected chi connectivity index (χ4v) is 2.33. The van der Waals surface area contributed by atoms with Gasteiger partial charge in [0.2, 0.25) is 0 Å². The molecule has 1 fully saturated rings. The average Bonchev–Trinajstić information content (AvgIpc) is 2.16. The van der Waals surface area contributed by atoms with Crippen LogP contribution in [-0.2, 0) is 0 Å². The highest BCUT2D eigenvalue weighted by molar-refractivity contribution is 4.81. The normalized spacial score (nSPS) is 25.7. The number of alkyl halides is 3. The number of nitrogens with zero attached hydrogens (tertiary/aromatic N) is 1. The van der Waals surface area contributed by atoms with Crippen LogP contribution in [0.15, 0.2) is 0 Å². The van der Waals surface area contributed by atoms with E-state index in [4.69, 9.17) is 0 Å². The standard InChI is InChI=1S/C11H21F3N2/c1-3-15-10-5-4-6-16(8-10)9(2)7-11(12,13)14/h9-10,15H,3-8H2,1-2H3. The van der Waals surface area contributed by atoms with E-state index < -0.39 is 18.6 Å². The van der Waals surface area contributed by atoms with E-state index in [9.17, 15) is 13.2 Å². The van der Waals surface area contributed by atoms with Crippen LogP contribution in [0.2, 0.25) is 0 Å². The Labute approximate surface area is 95.2 Å². The summed E-state index contributed by atoms with van der Waals surface area (Å²) in [7, 11) is 0. The van der Waals surface area contributed by atoms with Gasteiger partial charge in [0.05, 0.1) is 6.42 Å². The molecule has 1 rings (SSSR count). The molecule has 0 aliphatic carbocycles. The summed E-state index contributed by atoms with van der Waals surface area (Å²) >= 11 is 0. The van der Waals surface area contributed by atoms with Crippen LogP contribution < -0.4 is 5.32 Å². The van der Waals surface area contributed by atoms with E-state index in [2.05, 4.69) is 5.32 Å². The van der Waals surface area contributed by atoms with Gasteiger partial charge in [-0.2, -0.15) is 13.2 Å². The molecule has 0 saturated carbocycles. The molecule has 2 atom stereocenters. The van der Waals surface area contributed by atoms with Crippen molar-refractivity contribution >= 4 is 0 Å². The second-order valence-corrected chi connectivity index (χ2v) is 4.56. The van der Waals surface area contributed by atoms with Crippen molar-refractivity contribution < 1.29 is 13.2 Å². The molecular formula is C11H21F3N2. The van der Waals surface area contributed by atoms with Crippen molar-refractivity contribution in [3.8, 4) is 0 Å². The van der Waals surface area contributed by atoms with Crippen LogP contribution in [0.25, 0.3) is 0 Å². The van der Waals surface area contributed by atoms with Crippen molar-refractivity contribution in [2.45, 2.75) is 51.4 Å². The van der Waals surface area contributed by atoms with E-state index in [-0.39, 0.29) is 0 Å². The van der Waals surface area contributed by atoms with Gasteiger partial charge in [0, 0.05) is 18.6 Å². The lowest BCUT2D eigenvalue weighted by Gasteiger charge is -2.37. The van der Waals surface area contributed by atoms with Crippen molar-refractivity contribution in [3.05, 3.63) is 0 Å². The monoisotopic (exact) mass is 238 g/mol. The first-order chi connectivity index (χ1) is 7.42. The molecule has 1 aliphatic rings. The van der Waals surface area contributed by atoms with Gasteiger partial charge in [-0.05, 0) is 32.9 Å². The maximum Gasteiger partial charge on any atom is 0.390 e. The minimum absolute atomic E-state index is 0.356. The molecule has 5 heteroatoms.